The fraction of sp³-hybridized carbons (Fsp3) is 0.716. The second-order valence-electron chi connectivity index (χ2n) is 20.2. The molecule has 6 heteroatoms. The number of carbonyl (C=O) groups excluding carboxylic acids is 3. The topological polar surface area (TPSA) is 78.9 Å². The van der Waals surface area contributed by atoms with Gasteiger partial charge in [0.2, 0.25) is 0 Å². The summed E-state index contributed by atoms with van der Waals surface area (Å²) < 4.78 is 16.8. The van der Waals surface area contributed by atoms with Crippen molar-refractivity contribution in [2.24, 2.45) is 0 Å². The molecule has 0 fully saturated rings. The highest BCUT2D eigenvalue weighted by Gasteiger charge is 2.19. The number of allylic oxidation sites excluding steroid dienone is 16. The molecule has 1 unspecified atom stereocenters. The van der Waals surface area contributed by atoms with Gasteiger partial charge in [-0.2, -0.15) is 0 Å². The minimum Gasteiger partial charge on any atom is -0.462 e. The SMILES string of the molecule is CC/C=C\C/C=C\C/C=C\C/C=C\C/C=C\C/C=C\C/C=C\C/C=C\CCCCCCCCCCC(=O)OCC(COC(=O)CCCCCCCCCC)OC(=O)CCCCCCCCCCCCCCCC. The average Bonchev–Trinajstić information content (AvgIpc) is 3.39. The Morgan fingerprint density at radius 3 is 0.836 bits per heavy atom. The van der Waals surface area contributed by atoms with Gasteiger partial charge in [-0.05, 0) is 83.5 Å². The molecule has 1 atom stereocenters. The first kappa shape index (κ1) is 69.3. The molecule has 0 rings (SSSR count). The number of hydrogen-bond acceptors (Lipinski definition) is 6. The minimum absolute atomic E-state index is 0.0758. The molecule has 0 aromatic carbocycles. The highest BCUT2D eigenvalue weighted by Crippen LogP contribution is 2.16. The Hall–Kier alpha value is -3.67. The van der Waals surface area contributed by atoms with Gasteiger partial charge in [0.25, 0.3) is 0 Å². The van der Waals surface area contributed by atoms with Gasteiger partial charge in [0.1, 0.15) is 13.2 Å². The van der Waals surface area contributed by atoms with E-state index in [2.05, 4.69) is 118 Å². The normalized spacial score (nSPS) is 12.8. The van der Waals surface area contributed by atoms with Gasteiger partial charge in [-0.15, -0.1) is 0 Å². The Morgan fingerprint density at radius 1 is 0.288 bits per heavy atom. The smallest absolute Gasteiger partial charge is 0.306 e. The van der Waals surface area contributed by atoms with Crippen LogP contribution in [-0.4, -0.2) is 37.2 Å². The monoisotopic (exact) mass is 1010 g/mol. The molecule has 0 aromatic heterocycles. The van der Waals surface area contributed by atoms with Crippen LogP contribution in [0.15, 0.2) is 97.2 Å². The van der Waals surface area contributed by atoms with Crippen LogP contribution in [0.25, 0.3) is 0 Å². The lowest BCUT2D eigenvalue weighted by Crippen LogP contribution is -2.30. The summed E-state index contributed by atoms with van der Waals surface area (Å²) in [6.45, 7) is 6.50. The van der Waals surface area contributed by atoms with Crippen LogP contribution < -0.4 is 0 Å². The third-order valence-electron chi connectivity index (χ3n) is 13.1. The quantitative estimate of drug-likeness (QED) is 0.0261. The molecule has 0 amide bonds. The molecule has 0 aliphatic carbocycles. The van der Waals surface area contributed by atoms with Gasteiger partial charge in [0, 0.05) is 19.3 Å². The van der Waals surface area contributed by atoms with E-state index in [1.54, 1.807) is 0 Å². The summed E-state index contributed by atoms with van der Waals surface area (Å²) in [5.74, 6) is -0.881. The molecule has 0 N–H and O–H groups in total. The second kappa shape index (κ2) is 60.9. The summed E-state index contributed by atoms with van der Waals surface area (Å²) in [6, 6.07) is 0. The zero-order chi connectivity index (χ0) is 52.9. The lowest BCUT2D eigenvalue weighted by molar-refractivity contribution is -0.167. The van der Waals surface area contributed by atoms with E-state index in [9.17, 15) is 14.4 Å². The molecular formula is C67H114O6. The van der Waals surface area contributed by atoms with Gasteiger partial charge < -0.3 is 14.2 Å². The molecule has 73 heavy (non-hydrogen) atoms. The number of hydrogen-bond donors (Lipinski definition) is 0. The van der Waals surface area contributed by atoms with E-state index in [0.717, 1.165) is 116 Å². The molecule has 6 nitrogen and oxygen atoms in total. The van der Waals surface area contributed by atoms with Crippen LogP contribution in [0.4, 0.5) is 0 Å². The predicted molar refractivity (Wildman–Crippen MR) is 316 cm³/mol. The van der Waals surface area contributed by atoms with Crippen molar-refractivity contribution in [3.8, 4) is 0 Å². The van der Waals surface area contributed by atoms with Crippen LogP contribution in [0.3, 0.4) is 0 Å². The van der Waals surface area contributed by atoms with Crippen LogP contribution >= 0.6 is 0 Å². The molecule has 0 saturated heterocycles. The molecule has 418 valence electrons. The zero-order valence-electron chi connectivity index (χ0n) is 47.9. The first-order chi connectivity index (χ1) is 36.0. The fourth-order valence-electron chi connectivity index (χ4n) is 8.52. The van der Waals surface area contributed by atoms with E-state index in [-0.39, 0.29) is 31.1 Å². The van der Waals surface area contributed by atoms with Crippen molar-refractivity contribution in [2.45, 2.75) is 297 Å². The summed E-state index contributed by atoms with van der Waals surface area (Å²) >= 11 is 0. The van der Waals surface area contributed by atoms with Gasteiger partial charge in [-0.1, -0.05) is 285 Å². The van der Waals surface area contributed by atoms with Crippen molar-refractivity contribution in [1.82, 2.24) is 0 Å². The first-order valence-corrected chi connectivity index (χ1v) is 30.7. The maximum atomic E-state index is 12.8. The molecule has 0 heterocycles. The standard InChI is InChI=1S/C67H114O6/c1-4-7-10-13-16-19-21-23-25-26-27-28-29-30-31-32-33-34-35-36-37-38-39-40-41-42-43-45-46-48-51-54-57-60-66(69)72-63-64(62-71-65(68)59-56-53-50-18-15-12-9-6-3)73-67(70)61-58-55-52-49-47-44-24-22-20-17-14-11-8-5-2/h7,10,16,19,23,25,27-28,30-31,33-34,36-37,39-40,64H,4-6,8-9,11-15,17-18,20-22,24,26,29,32,35,38,41-63H2,1-3H3/b10-7-,19-16-,25-23-,28-27-,31-30-,34-33-,37-36-,40-39-. The van der Waals surface area contributed by atoms with E-state index in [4.69, 9.17) is 14.2 Å². The predicted octanol–water partition coefficient (Wildman–Crippen LogP) is 20.9. The Labute approximate surface area is 451 Å². The van der Waals surface area contributed by atoms with Gasteiger partial charge in [0.15, 0.2) is 6.10 Å². The number of rotatable bonds is 55. The van der Waals surface area contributed by atoms with Crippen LogP contribution in [0.1, 0.15) is 290 Å². The van der Waals surface area contributed by atoms with Crippen LogP contribution in [-0.2, 0) is 28.6 Å². The van der Waals surface area contributed by atoms with E-state index in [1.165, 1.54) is 135 Å². The number of esters is 3. The van der Waals surface area contributed by atoms with Crippen LogP contribution in [0.5, 0.6) is 0 Å². The van der Waals surface area contributed by atoms with Crippen LogP contribution in [0.2, 0.25) is 0 Å². The Balaban J connectivity index is 4.14. The van der Waals surface area contributed by atoms with Crippen molar-refractivity contribution in [3.05, 3.63) is 97.2 Å². The Bertz CT molecular complexity index is 1440. The molecular weight excluding hydrogens is 901 g/mol. The van der Waals surface area contributed by atoms with Gasteiger partial charge in [0.05, 0.1) is 0 Å². The Kier molecular flexibility index (Phi) is 57.8. The first-order valence-electron chi connectivity index (χ1n) is 30.7. The molecule has 0 spiro atoms. The van der Waals surface area contributed by atoms with Crippen molar-refractivity contribution in [1.29, 1.82) is 0 Å². The summed E-state index contributed by atoms with van der Waals surface area (Å²) in [5, 5.41) is 0. The highest BCUT2D eigenvalue weighted by atomic mass is 16.6. The molecule has 0 aliphatic heterocycles. The molecule has 0 aliphatic rings. The highest BCUT2D eigenvalue weighted by molar-refractivity contribution is 5.71. The zero-order valence-corrected chi connectivity index (χ0v) is 47.9. The van der Waals surface area contributed by atoms with E-state index < -0.39 is 6.10 Å². The van der Waals surface area contributed by atoms with Gasteiger partial charge >= 0.3 is 17.9 Å². The summed E-state index contributed by atoms with van der Waals surface area (Å²) in [7, 11) is 0. The third kappa shape index (κ3) is 59.1. The second-order valence-corrected chi connectivity index (χ2v) is 20.2. The summed E-state index contributed by atoms with van der Waals surface area (Å²) in [4.78, 5) is 38.0. The summed E-state index contributed by atoms with van der Waals surface area (Å²) in [5.41, 5.74) is 0. The Morgan fingerprint density at radius 2 is 0.534 bits per heavy atom. The average molecular weight is 1020 g/mol. The largest absolute Gasteiger partial charge is 0.462 e. The summed E-state index contributed by atoms with van der Waals surface area (Å²) in [6.07, 6.45) is 81.4. The van der Waals surface area contributed by atoms with Crippen molar-refractivity contribution >= 4 is 17.9 Å². The van der Waals surface area contributed by atoms with E-state index >= 15 is 0 Å². The number of carbonyl (C=O) groups is 3. The lowest BCUT2D eigenvalue weighted by Gasteiger charge is -2.18. The van der Waals surface area contributed by atoms with Crippen molar-refractivity contribution in [2.75, 3.05) is 13.2 Å². The third-order valence-corrected chi connectivity index (χ3v) is 13.1. The van der Waals surface area contributed by atoms with Gasteiger partial charge in [-0.25, -0.2) is 0 Å². The van der Waals surface area contributed by atoms with E-state index in [1.807, 2.05) is 0 Å². The number of ether oxygens (including phenoxy) is 3. The van der Waals surface area contributed by atoms with Gasteiger partial charge in [-0.3, -0.25) is 14.4 Å². The minimum atomic E-state index is -0.775. The number of unbranched alkanes of at least 4 members (excludes halogenated alkanes) is 28. The molecule has 0 saturated carbocycles. The lowest BCUT2D eigenvalue weighted by atomic mass is 10.0. The van der Waals surface area contributed by atoms with Crippen LogP contribution in [0, 0.1) is 0 Å². The maximum Gasteiger partial charge on any atom is 0.306 e. The maximum absolute atomic E-state index is 12.8. The molecule has 0 bridgehead atoms. The molecule has 0 aromatic rings. The van der Waals surface area contributed by atoms with Crippen molar-refractivity contribution in [3.63, 3.8) is 0 Å². The van der Waals surface area contributed by atoms with Crippen molar-refractivity contribution < 1.29 is 28.6 Å². The molecule has 0 radical (unpaired) electrons. The fourth-order valence-corrected chi connectivity index (χ4v) is 8.52. The van der Waals surface area contributed by atoms with E-state index in [0.29, 0.717) is 19.3 Å².